The quantitative estimate of drug-likeness (QED) is 0.196. The first kappa shape index (κ1) is 28.4. The molecule has 0 saturated carbocycles. The lowest BCUT2D eigenvalue weighted by Gasteiger charge is -2.25. The first-order valence-corrected chi connectivity index (χ1v) is 14.9. The number of aliphatic imine (C=N–C) groups is 1. The summed E-state index contributed by atoms with van der Waals surface area (Å²) in [5, 5.41) is 0. The Hall–Kier alpha value is -4.76. The maximum absolute atomic E-state index is 6.34. The highest BCUT2D eigenvalue weighted by Crippen LogP contribution is 2.36. The van der Waals surface area contributed by atoms with E-state index in [0.717, 1.165) is 39.0 Å². The molecule has 3 heteroatoms. The van der Waals surface area contributed by atoms with Gasteiger partial charge in [-0.2, -0.15) is 0 Å². The maximum Gasteiger partial charge on any atom is 0.229 e. The lowest BCUT2D eigenvalue weighted by atomic mass is 9.79. The Morgan fingerprint density at radius 1 is 0.581 bits per heavy atom. The minimum absolute atomic E-state index is 0.0412. The van der Waals surface area contributed by atoms with Crippen molar-refractivity contribution in [2.75, 3.05) is 0 Å². The molecule has 0 spiro atoms. The highest BCUT2D eigenvalue weighted by Gasteiger charge is 2.20. The van der Waals surface area contributed by atoms with E-state index in [2.05, 4.69) is 114 Å². The molecular formula is C40H38N2O. The van der Waals surface area contributed by atoms with Crippen molar-refractivity contribution in [2.45, 2.75) is 52.4 Å². The zero-order valence-electron chi connectivity index (χ0n) is 25.8. The van der Waals surface area contributed by atoms with Crippen LogP contribution in [-0.2, 0) is 10.8 Å². The summed E-state index contributed by atoms with van der Waals surface area (Å²) < 4.78 is 6.34. The molecule has 0 bridgehead atoms. The molecule has 6 aromatic rings. The largest absolute Gasteiger partial charge is 0.436 e. The minimum atomic E-state index is 0.0412. The highest BCUT2D eigenvalue weighted by atomic mass is 16.3. The summed E-state index contributed by atoms with van der Waals surface area (Å²) in [6, 6.07) is 40.0. The number of nitrogens with zero attached hydrogens (tertiary/aromatic N) is 2. The van der Waals surface area contributed by atoms with Crippen molar-refractivity contribution in [1.82, 2.24) is 4.98 Å². The molecule has 1 aromatic heterocycles. The lowest BCUT2D eigenvalue weighted by molar-refractivity contribution is 0.568. The van der Waals surface area contributed by atoms with Gasteiger partial charge in [0.05, 0.1) is 11.3 Å². The zero-order valence-corrected chi connectivity index (χ0v) is 25.8. The molecule has 1 heterocycles. The van der Waals surface area contributed by atoms with Crippen molar-refractivity contribution in [3.05, 3.63) is 132 Å². The molecule has 43 heavy (non-hydrogen) atoms. The van der Waals surface area contributed by atoms with Crippen molar-refractivity contribution in [1.29, 1.82) is 0 Å². The second-order valence-electron chi connectivity index (χ2n) is 13.2. The van der Waals surface area contributed by atoms with Gasteiger partial charge < -0.3 is 4.42 Å². The van der Waals surface area contributed by atoms with Gasteiger partial charge in [-0.3, -0.25) is 4.99 Å². The predicted molar refractivity (Wildman–Crippen MR) is 181 cm³/mol. The van der Waals surface area contributed by atoms with Gasteiger partial charge >= 0.3 is 0 Å². The second-order valence-corrected chi connectivity index (χ2v) is 13.2. The fourth-order valence-corrected chi connectivity index (χ4v) is 5.27. The van der Waals surface area contributed by atoms with Gasteiger partial charge in [-0.1, -0.05) is 126 Å². The molecule has 3 nitrogen and oxygen atoms in total. The van der Waals surface area contributed by atoms with E-state index in [9.17, 15) is 0 Å². The van der Waals surface area contributed by atoms with Crippen molar-refractivity contribution in [3.8, 4) is 33.7 Å². The summed E-state index contributed by atoms with van der Waals surface area (Å²) in [7, 11) is 0. The van der Waals surface area contributed by atoms with Crippen LogP contribution in [0.1, 0.15) is 58.2 Å². The van der Waals surface area contributed by atoms with Crippen LogP contribution in [0.3, 0.4) is 0 Å². The third kappa shape index (κ3) is 6.08. The number of hydrogen-bond acceptors (Lipinski definition) is 3. The monoisotopic (exact) mass is 562 g/mol. The molecule has 0 amide bonds. The molecule has 0 N–H and O–H groups in total. The predicted octanol–water partition coefficient (Wildman–Crippen LogP) is 11.2. The van der Waals surface area contributed by atoms with Crippen LogP contribution in [0.4, 0.5) is 5.69 Å². The molecule has 214 valence electrons. The summed E-state index contributed by atoms with van der Waals surface area (Å²) in [4.78, 5) is 9.97. The van der Waals surface area contributed by atoms with Crippen molar-refractivity contribution >= 4 is 23.0 Å². The van der Waals surface area contributed by atoms with Crippen molar-refractivity contribution < 1.29 is 4.42 Å². The van der Waals surface area contributed by atoms with E-state index in [1.165, 1.54) is 22.3 Å². The molecule has 0 radical (unpaired) electrons. The van der Waals surface area contributed by atoms with E-state index < -0.39 is 0 Å². The molecule has 0 aliphatic rings. The van der Waals surface area contributed by atoms with Crippen molar-refractivity contribution in [2.24, 2.45) is 4.99 Å². The number of oxazole rings is 1. The Bertz CT molecular complexity index is 1880. The van der Waals surface area contributed by atoms with E-state index >= 15 is 0 Å². The van der Waals surface area contributed by atoms with Gasteiger partial charge in [0.25, 0.3) is 0 Å². The van der Waals surface area contributed by atoms with Gasteiger partial charge in [-0.15, -0.1) is 0 Å². The molecular weight excluding hydrogens is 524 g/mol. The average Bonchev–Trinajstić information content (AvgIpc) is 3.44. The summed E-state index contributed by atoms with van der Waals surface area (Å²) in [5.41, 5.74) is 11.6. The summed E-state index contributed by atoms with van der Waals surface area (Å²) in [5.74, 6) is 0.565. The maximum atomic E-state index is 6.34. The van der Waals surface area contributed by atoms with Crippen LogP contribution < -0.4 is 0 Å². The van der Waals surface area contributed by atoms with Crippen LogP contribution in [0, 0.1) is 0 Å². The standard InChI is InChI=1S/C40H38N2O/c1-39(2,3)31-23-27(24-32(25-31)40(4,5)6)26-41-35-17-11-10-15-34(35)38-42-37-33(16-12-18-36(37)43-38)30-21-19-29(20-22-30)28-13-8-7-9-14-28/h7-26H,1-6H3. The molecule has 0 atom stereocenters. The average molecular weight is 563 g/mol. The van der Waals surface area contributed by atoms with E-state index in [1.807, 2.05) is 48.7 Å². The number of rotatable bonds is 5. The van der Waals surface area contributed by atoms with E-state index in [1.54, 1.807) is 0 Å². The Balaban J connectivity index is 1.36. The van der Waals surface area contributed by atoms with E-state index in [0.29, 0.717) is 5.89 Å². The zero-order chi connectivity index (χ0) is 30.2. The SMILES string of the molecule is CC(C)(C)c1cc(C=Nc2ccccc2-c2nc3c(-c4ccc(-c5ccccc5)cc4)cccc3o2)cc(C(C)(C)C)c1. The second kappa shape index (κ2) is 11.1. The topological polar surface area (TPSA) is 38.4 Å². The first-order chi connectivity index (χ1) is 20.6. The van der Waals surface area contributed by atoms with Crippen LogP contribution in [0.2, 0.25) is 0 Å². The highest BCUT2D eigenvalue weighted by molar-refractivity contribution is 5.93. The van der Waals surface area contributed by atoms with Crippen LogP contribution in [-0.4, -0.2) is 11.2 Å². The Morgan fingerprint density at radius 3 is 1.84 bits per heavy atom. The third-order valence-electron chi connectivity index (χ3n) is 7.90. The first-order valence-electron chi connectivity index (χ1n) is 14.9. The van der Waals surface area contributed by atoms with Crippen molar-refractivity contribution in [3.63, 3.8) is 0 Å². The molecule has 0 fully saturated rings. The van der Waals surface area contributed by atoms with Gasteiger partial charge in [-0.05, 0) is 74.5 Å². The molecule has 0 saturated heterocycles. The molecule has 0 unspecified atom stereocenters. The summed E-state index contributed by atoms with van der Waals surface area (Å²) in [6.45, 7) is 13.5. The minimum Gasteiger partial charge on any atom is -0.436 e. The number of benzene rings is 5. The Kier molecular flexibility index (Phi) is 7.35. The number of aromatic nitrogens is 1. The molecule has 0 aliphatic carbocycles. The molecule has 6 rings (SSSR count). The van der Waals surface area contributed by atoms with Gasteiger partial charge in [0.15, 0.2) is 5.58 Å². The van der Waals surface area contributed by atoms with Gasteiger partial charge in [0.1, 0.15) is 5.52 Å². The van der Waals surface area contributed by atoms with E-state index in [4.69, 9.17) is 14.4 Å². The Morgan fingerprint density at radius 2 is 1.16 bits per heavy atom. The number of hydrogen-bond donors (Lipinski definition) is 0. The summed E-state index contributed by atoms with van der Waals surface area (Å²) >= 11 is 0. The van der Waals surface area contributed by atoms with Crippen LogP contribution in [0.25, 0.3) is 44.8 Å². The normalized spacial score (nSPS) is 12.3. The van der Waals surface area contributed by atoms with Crippen LogP contribution >= 0.6 is 0 Å². The molecule has 5 aromatic carbocycles. The van der Waals surface area contributed by atoms with Gasteiger partial charge in [0.2, 0.25) is 5.89 Å². The van der Waals surface area contributed by atoms with Crippen LogP contribution in [0.5, 0.6) is 0 Å². The van der Waals surface area contributed by atoms with Gasteiger partial charge in [0, 0.05) is 11.8 Å². The third-order valence-corrected chi connectivity index (χ3v) is 7.90. The number of para-hydroxylation sites is 2. The van der Waals surface area contributed by atoms with E-state index in [-0.39, 0.29) is 10.8 Å². The lowest BCUT2D eigenvalue weighted by Crippen LogP contribution is -2.17. The molecule has 0 aliphatic heterocycles. The van der Waals surface area contributed by atoms with Crippen LogP contribution in [0.15, 0.2) is 125 Å². The fourth-order valence-electron chi connectivity index (χ4n) is 5.27. The smallest absolute Gasteiger partial charge is 0.229 e. The Labute approximate surface area is 255 Å². The number of fused-ring (bicyclic) bond motifs is 1. The van der Waals surface area contributed by atoms with Gasteiger partial charge in [-0.25, -0.2) is 4.98 Å². The fraction of sp³-hybridized carbons (Fsp3) is 0.200. The summed E-state index contributed by atoms with van der Waals surface area (Å²) in [6.07, 6.45) is 1.96.